The van der Waals surface area contributed by atoms with Gasteiger partial charge in [0, 0.05) is 0 Å². The minimum atomic E-state index is -1.37. The lowest BCUT2D eigenvalue weighted by Crippen LogP contribution is -2.22. The van der Waals surface area contributed by atoms with Crippen LogP contribution in [0.1, 0.15) is 13.3 Å². The van der Waals surface area contributed by atoms with Crippen LogP contribution in [0.25, 0.3) is 0 Å². The average Bonchev–Trinajstić information content (AvgIpc) is 2.03. The maximum absolute atomic E-state index is 10.1. The molecule has 0 saturated carbocycles. The maximum Gasteiger partial charge on any atom is 0.409 e. The molecule has 0 heterocycles. The van der Waals surface area contributed by atoms with Gasteiger partial charge >= 0.3 is 6.09 Å². The molecule has 66 valence electrons. The Morgan fingerprint density at radius 3 is 2.83 bits per heavy atom. The lowest BCUT2D eigenvalue weighted by Gasteiger charge is -2.13. The molecule has 0 aliphatic carbocycles. The highest BCUT2D eigenvalue weighted by atomic mass is 16.5. The summed E-state index contributed by atoms with van der Waals surface area (Å²) in [5.41, 5.74) is 3.29. The van der Waals surface area contributed by atoms with Crippen molar-refractivity contribution < 1.29 is 14.6 Å². The Labute approximate surface area is 71.0 Å². The summed E-state index contributed by atoms with van der Waals surface area (Å²) in [4.78, 5) is 10.1. The summed E-state index contributed by atoms with van der Waals surface area (Å²) in [7, 11) is 0. The molecule has 4 nitrogen and oxygen atoms in total. The topological polar surface area (TPSA) is 72.6 Å². The quantitative estimate of drug-likeness (QED) is 0.473. The van der Waals surface area contributed by atoms with Crippen molar-refractivity contribution >= 4 is 6.09 Å². The molecule has 0 rings (SSSR count). The second-order valence-electron chi connectivity index (χ2n) is 2.16. The van der Waals surface area contributed by atoms with Gasteiger partial charge in [-0.1, -0.05) is 12.8 Å². The van der Waals surface area contributed by atoms with Crippen molar-refractivity contribution in [2.45, 2.75) is 18.9 Å². The molecule has 0 radical (unpaired) electrons. The average molecular weight is 169 g/mol. The zero-order valence-corrected chi connectivity index (χ0v) is 6.78. The van der Waals surface area contributed by atoms with Gasteiger partial charge in [0.2, 0.25) is 0 Å². The van der Waals surface area contributed by atoms with E-state index in [1.165, 1.54) is 6.08 Å². The highest BCUT2D eigenvalue weighted by Gasteiger charge is 2.16. The van der Waals surface area contributed by atoms with E-state index in [2.05, 4.69) is 16.4 Å². The Kier molecular flexibility index (Phi) is 3.88. The molecule has 1 atom stereocenters. The molecule has 12 heavy (non-hydrogen) atoms. The molecule has 3 N–H and O–H groups in total. The van der Waals surface area contributed by atoms with Crippen molar-refractivity contribution in [1.82, 2.24) is 0 Å². The van der Waals surface area contributed by atoms with Gasteiger partial charge in [-0.05, 0) is 12.5 Å². The summed E-state index contributed by atoms with van der Waals surface area (Å²) in [5, 5.41) is 9.39. The van der Waals surface area contributed by atoms with Crippen LogP contribution in [0.5, 0.6) is 0 Å². The second-order valence-corrected chi connectivity index (χ2v) is 2.16. The summed E-state index contributed by atoms with van der Waals surface area (Å²) < 4.78 is 4.24. The zero-order chi connectivity index (χ0) is 9.61. The normalized spacial score (nSPS) is 15.1. The number of amides is 1. The van der Waals surface area contributed by atoms with Gasteiger partial charge in [-0.3, -0.25) is 0 Å². The Morgan fingerprint density at radius 1 is 1.92 bits per heavy atom. The predicted octanol–water partition coefficient (Wildman–Crippen LogP) is 0.370. The number of rotatable bonds is 3. The first-order chi connectivity index (χ1) is 5.54. The summed E-state index contributed by atoms with van der Waals surface area (Å²) in [6.45, 7) is 1.70. The summed E-state index contributed by atoms with van der Waals surface area (Å²) >= 11 is 0. The van der Waals surface area contributed by atoms with Crippen molar-refractivity contribution in [2.75, 3.05) is 0 Å². The zero-order valence-electron chi connectivity index (χ0n) is 6.78. The van der Waals surface area contributed by atoms with Crippen LogP contribution >= 0.6 is 0 Å². The molecule has 0 aliphatic heterocycles. The van der Waals surface area contributed by atoms with E-state index in [4.69, 9.17) is 6.42 Å². The summed E-state index contributed by atoms with van der Waals surface area (Å²) in [6, 6.07) is 0. The van der Waals surface area contributed by atoms with Crippen LogP contribution in [0.4, 0.5) is 4.79 Å². The standard InChI is InChI=1S/C8H11NO3/c1-3-8(11,4-2)5-6-12-7(9)10/h1,5-6,11H,4H2,2H3,(H2,9,10)/b6-5+. The van der Waals surface area contributed by atoms with Crippen LogP contribution in [-0.2, 0) is 4.74 Å². The van der Waals surface area contributed by atoms with Gasteiger partial charge in [-0.2, -0.15) is 0 Å². The Hall–Kier alpha value is -1.47. The predicted molar refractivity (Wildman–Crippen MR) is 43.9 cm³/mol. The molecule has 0 aromatic rings. The number of hydrogen-bond donors (Lipinski definition) is 2. The molecule has 0 saturated heterocycles. The smallest absolute Gasteiger partial charge is 0.409 e. The Bertz CT molecular complexity index is 229. The number of carbonyl (C=O) groups is 1. The van der Waals surface area contributed by atoms with Crippen molar-refractivity contribution in [2.24, 2.45) is 5.73 Å². The van der Waals surface area contributed by atoms with Crippen LogP contribution in [0.15, 0.2) is 12.3 Å². The molecule has 4 heteroatoms. The molecule has 1 amide bonds. The molecule has 0 spiro atoms. The maximum atomic E-state index is 10.1. The molecule has 0 aromatic heterocycles. The second kappa shape index (κ2) is 4.42. The third-order valence-corrected chi connectivity index (χ3v) is 1.32. The van der Waals surface area contributed by atoms with Crippen LogP contribution in [0.2, 0.25) is 0 Å². The number of ether oxygens (including phenoxy) is 1. The fourth-order valence-electron chi connectivity index (χ4n) is 0.482. The number of nitrogens with two attached hydrogens (primary N) is 1. The lowest BCUT2D eigenvalue weighted by molar-refractivity contribution is 0.144. The number of carbonyl (C=O) groups excluding carboxylic acids is 1. The van der Waals surface area contributed by atoms with Gasteiger partial charge in [-0.25, -0.2) is 4.79 Å². The van der Waals surface area contributed by atoms with Crippen LogP contribution in [0, 0.1) is 12.3 Å². The molecule has 0 bridgehead atoms. The van der Waals surface area contributed by atoms with Gasteiger partial charge in [-0.15, -0.1) is 6.42 Å². The van der Waals surface area contributed by atoms with E-state index in [0.29, 0.717) is 6.42 Å². The largest absolute Gasteiger partial charge is 0.419 e. The number of aliphatic hydroxyl groups is 1. The van der Waals surface area contributed by atoms with E-state index in [1.807, 2.05) is 0 Å². The number of terminal acetylenes is 1. The molecular formula is C8H11NO3. The molecule has 0 fully saturated rings. The highest BCUT2D eigenvalue weighted by molar-refractivity contribution is 5.65. The lowest BCUT2D eigenvalue weighted by atomic mass is 10.0. The monoisotopic (exact) mass is 169 g/mol. The first-order valence-corrected chi connectivity index (χ1v) is 3.38. The minimum absolute atomic E-state index is 0.335. The van der Waals surface area contributed by atoms with Crippen LogP contribution in [0.3, 0.4) is 0 Å². The van der Waals surface area contributed by atoms with Gasteiger partial charge in [0.25, 0.3) is 0 Å². The van der Waals surface area contributed by atoms with E-state index in [1.54, 1.807) is 6.92 Å². The van der Waals surface area contributed by atoms with E-state index in [-0.39, 0.29) is 0 Å². The van der Waals surface area contributed by atoms with E-state index in [0.717, 1.165) is 6.26 Å². The Morgan fingerprint density at radius 2 is 2.50 bits per heavy atom. The fourth-order valence-corrected chi connectivity index (χ4v) is 0.482. The molecule has 0 aromatic carbocycles. The van der Waals surface area contributed by atoms with Crippen LogP contribution in [-0.4, -0.2) is 16.8 Å². The first-order valence-electron chi connectivity index (χ1n) is 3.38. The SMILES string of the molecule is C#CC(O)(/C=C/OC(N)=O)CC. The van der Waals surface area contributed by atoms with E-state index < -0.39 is 11.7 Å². The van der Waals surface area contributed by atoms with Gasteiger partial charge in [0.05, 0.1) is 6.26 Å². The molecule has 1 unspecified atom stereocenters. The first kappa shape index (κ1) is 10.5. The number of primary amides is 1. The third-order valence-electron chi connectivity index (χ3n) is 1.32. The van der Waals surface area contributed by atoms with Gasteiger partial charge < -0.3 is 15.6 Å². The van der Waals surface area contributed by atoms with Crippen molar-refractivity contribution in [3.8, 4) is 12.3 Å². The third kappa shape index (κ3) is 3.64. The van der Waals surface area contributed by atoms with E-state index >= 15 is 0 Å². The molecular weight excluding hydrogens is 158 g/mol. The Balaban J connectivity index is 4.13. The summed E-state index contributed by atoms with van der Waals surface area (Å²) in [5.74, 6) is 2.14. The van der Waals surface area contributed by atoms with Crippen molar-refractivity contribution in [1.29, 1.82) is 0 Å². The van der Waals surface area contributed by atoms with Gasteiger partial charge in [0.1, 0.15) is 5.60 Å². The van der Waals surface area contributed by atoms with Crippen molar-refractivity contribution in [3.05, 3.63) is 12.3 Å². The molecule has 0 aliphatic rings. The fraction of sp³-hybridized carbons (Fsp3) is 0.375. The van der Waals surface area contributed by atoms with E-state index in [9.17, 15) is 9.90 Å². The van der Waals surface area contributed by atoms with Crippen molar-refractivity contribution in [3.63, 3.8) is 0 Å². The summed E-state index contributed by atoms with van der Waals surface area (Å²) in [6.07, 6.45) is 6.57. The minimum Gasteiger partial charge on any atom is -0.419 e. The van der Waals surface area contributed by atoms with Gasteiger partial charge in [0.15, 0.2) is 0 Å². The highest BCUT2D eigenvalue weighted by Crippen LogP contribution is 2.09. The van der Waals surface area contributed by atoms with Crippen LogP contribution < -0.4 is 5.73 Å². The number of hydrogen-bond acceptors (Lipinski definition) is 3.